The Labute approximate surface area is 169 Å². The first-order chi connectivity index (χ1) is 14.2. The number of pyridine rings is 1. The van der Waals surface area contributed by atoms with E-state index in [0.29, 0.717) is 34.9 Å². The van der Waals surface area contributed by atoms with Gasteiger partial charge in [0.2, 0.25) is 0 Å². The number of aromatic nitrogens is 1. The van der Waals surface area contributed by atoms with Gasteiger partial charge in [0.1, 0.15) is 5.82 Å². The van der Waals surface area contributed by atoms with E-state index < -0.39 is 0 Å². The molecule has 0 aliphatic carbocycles. The molecule has 146 valence electrons. The summed E-state index contributed by atoms with van der Waals surface area (Å²) in [5.41, 5.74) is 8.53. The average Bonchev–Trinajstić information content (AvgIpc) is 2.77. The largest absolute Gasteiger partial charge is 0.381 e. The molecule has 5 nitrogen and oxygen atoms in total. The summed E-state index contributed by atoms with van der Waals surface area (Å²) in [4.78, 5) is 4.64. The van der Waals surface area contributed by atoms with Crippen molar-refractivity contribution in [1.29, 1.82) is 0 Å². The third kappa shape index (κ3) is 3.97. The van der Waals surface area contributed by atoms with Crippen LogP contribution in [0.2, 0.25) is 0 Å². The Kier molecular flexibility index (Phi) is 5.27. The molecule has 1 aliphatic rings. The summed E-state index contributed by atoms with van der Waals surface area (Å²) in [7, 11) is 0. The predicted octanol–water partition coefficient (Wildman–Crippen LogP) is 4.87. The summed E-state index contributed by atoms with van der Waals surface area (Å²) in [6, 6.07) is 14.9. The summed E-state index contributed by atoms with van der Waals surface area (Å²) in [6.07, 6.45) is 5.70. The van der Waals surface area contributed by atoms with Crippen LogP contribution in [0.15, 0.2) is 61.2 Å². The number of hydrazine groups is 1. The zero-order chi connectivity index (χ0) is 20.2. The molecule has 2 aromatic carbocycles. The Bertz CT molecular complexity index is 1090. The third-order valence-corrected chi connectivity index (χ3v) is 4.85. The van der Waals surface area contributed by atoms with Crippen LogP contribution in [0.4, 0.5) is 21.6 Å². The second-order valence-corrected chi connectivity index (χ2v) is 6.74. The molecule has 0 amide bonds. The van der Waals surface area contributed by atoms with Crippen molar-refractivity contribution >= 4 is 29.3 Å². The highest BCUT2D eigenvalue weighted by Crippen LogP contribution is 2.27. The molecule has 5 N–H and O–H groups in total. The minimum absolute atomic E-state index is 0.328. The van der Waals surface area contributed by atoms with Crippen LogP contribution in [0.25, 0.3) is 23.4 Å². The standard InChI is InChI=1S/C23H22FN5/c1-2-16-6-7-18(13-19(16)24)21-9-10-22(29-25)23(28-21)27-14-15-5-8-20-17(12-15)4-3-11-26-20/h2-10,12-13,26,29H,1,11,14,25H2,(H,27,28). The number of hydrogen-bond acceptors (Lipinski definition) is 5. The molecule has 4 rings (SSSR count). The Morgan fingerprint density at radius 3 is 2.86 bits per heavy atom. The molecule has 1 aliphatic heterocycles. The van der Waals surface area contributed by atoms with E-state index in [1.807, 2.05) is 12.1 Å². The summed E-state index contributed by atoms with van der Waals surface area (Å²) < 4.78 is 14.1. The Balaban J connectivity index is 1.58. The van der Waals surface area contributed by atoms with E-state index >= 15 is 0 Å². The number of nitrogens with two attached hydrogens (primary N) is 1. The van der Waals surface area contributed by atoms with Gasteiger partial charge in [0, 0.05) is 29.9 Å². The molecule has 29 heavy (non-hydrogen) atoms. The highest BCUT2D eigenvalue weighted by molar-refractivity contribution is 5.72. The second-order valence-electron chi connectivity index (χ2n) is 6.74. The van der Waals surface area contributed by atoms with Crippen molar-refractivity contribution in [2.75, 3.05) is 22.6 Å². The molecular formula is C23H22FN5. The Morgan fingerprint density at radius 2 is 2.07 bits per heavy atom. The van der Waals surface area contributed by atoms with Gasteiger partial charge in [0.05, 0.1) is 11.4 Å². The number of fused-ring (bicyclic) bond motifs is 1. The first-order valence-electron chi connectivity index (χ1n) is 9.35. The van der Waals surface area contributed by atoms with E-state index in [9.17, 15) is 4.39 Å². The molecule has 0 atom stereocenters. The van der Waals surface area contributed by atoms with Crippen molar-refractivity contribution in [2.24, 2.45) is 5.84 Å². The number of anilines is 3. The summed E-state index contributed by atoms with van der Waals surface area (Å²) in [5, 5.41) is 6.66. The minimum atomic E-state index is -0.328. The third-order valence-electron chi connectivity index (χ3n) is 4.85. The normalized spacial score (nSPS) is 12.1. The first-order valence-corrected chi connectivity index (χ1v) is 9.35. The van der Waals surface area contributed by atoms with Gasteiger partial charge in [-0.2, -0.15) is 0 Å². The van der Waals surface area contributed by atoms with Crippen LogP contribution in [-0.4, -0.2) is 11.5 Å². The van der Waals surface area contributed by atoms with Gasteiger partial charge in [-0.05, 0) is 41.5 Å². The molecule has 2 heterocycles. The molecule has 0 bridgehead atoms. The lowest BCUT2D eigenvalue weighted by Gasteiger charge is -2.16. The number of nitrogen functional groups attached to an aromatic ring is 1. The number of nitrogens with zero attached hydrogens (tertiary/aromatic N) is 1. The zero-order valence-electron chi connectivity index (χ0n) is 15.9. The van der Waals surface area contributed by atoms with Crippen molar-refractivity contribution in [2.45, 2.75) is 6.54 Å². The molecule has 0 spiro atoms. The summed E-state index contributed by atoms with van der Waals surface area (Å²) >= 11 is 0. The lowest BCUT2D eigenvalue weighted by atomic mass is 10.1. The molecule has 0 saturated heterocycles. The maximum Gasteiger partial charge on any atom is 0.151 e. The van der Waals surface area contributed by atoms with Gasteiger partial charge in [-0.25, -0.2) is 9.37 Å². The molecule has 0 radical (unpaired) electrons. The van der Waals surface area contributed by atoms with Crippen molar-refractivity contribution in [3.05, 3.63) is 83.7 Å². The lowest BCUT2D eigenvalue weighted by molar-refractivity contribution is 0.625. The van der Waals surface area contributed by atoms with Crippen LogP contribution in [0.1, 0.15) is 16.7 Å². The first kappa shape index (κ1) is 18.7. The fourth-order valence-corrected chi connectivity index (χ4v) is 3.28. The predicted molar refractivity (Wildman–Crippen MR) is 119 cm³/mol. The zero-order valence-corrected chi connectivity index (χ0v) is 15.9. The number of benzene rings is 2. The summed E-state index contributed by atoms with van der Waals surface area (Å²) in [5.74, 6) is 5.92. The smallest absolute Gasteiger partial charge is 0.151 e. The number of halogens is 1. The molecule has 6 heteroatoms. The monoisotopic (exact) mass is 387 g/mol. The maximum absolute atomic E-state index is 14.1. The molecule has 0 saturated carbocycles. The number of hydrogen-bond donors (Lipinski definition) is 4. The topological polar surface area (TPSA) is 75.0 Å². The Morgan fingerprint density at radius 1 is 1.17 bits per heavy atom. The molecule has 1 aromatic heterocycles. The second kappa shape index (κ2) is 8.16. The minimum Gasteiger partial charge on any atom is -0.381 e. The molecule has 3 aromatic rings. The lowest BCUT2D eigenvalue weighted by Crippen LogP contribution is -2.12. The van der Waals surface area contributed by atoms with E-state index in [-0.39, 0.29) is 5.82 Å². The van der Waals surface area contributed by atoms with Crippen molar-refractivity contribution in [1.82, 2.24) is 4.98 Å². The summed E-state index contributed by atoms with van der Waals surface area (Å²) in [6.45, 7) is 5.04. The average molecular weight is 387 g/mol. The van der Waals surface area contributed by atoms with Crippen molar-refractivity contribution in [3.8, 4) is 11.3 Å². The van der Waals surface area contributed by atoms with E-state index in [4.69, 9.17) is 5.84 Å². The molecule has 0 fully saturated rings. The molecule has 0 unspecified atom stereocenters. The SMILES string of the molecule is C=Cc1ccc(-c2ccc(NN)c(NCc3ccc4c(c3)C=CCN4)n2)cc1F. The maximum atomic E-state index is 14.1. The van der Waals surface area contributed by atoms with Crippen LogP contribution in [0, 0.1) is 5.82 Å². The van der Waals surface area contributed by atoms with E-state index in [2.05, 4.69) is 58.0 Å². The van der Waals surface area contributed by atoms with Gasteiger partial charge in [0.15, 0.2) is 5.82 Å². The van der Waals surface area contributed by atoms with E-state index in [1.54, 1.807) is 12.1 Å². The van der Waals surface area contributed by atoms with Gasteiger partial charge in [0.25, 0.3) is 0 Å². The Hall–Kier alpha value is -3.64. The number of rotatable bonds is 6. The van der Waals surface area contributed by atoms with Crippen LogP contribution < -0.4 is 21.9 Å². The van der Waals surface area contributed by atoms with E-state index in [1.165, 1.54) is 12.1 Å². The quantitative estimate of drug-likeness (QED) is 0.359. The van der Waals surface area contributed by atoms with Crippen molar-refractivity contribution in [3.63, 3.8) is 0 Å². The highest BCUT2D eigenvalue weighted by atomic mass is 19.1. The fourth-order valence-electron chi connectivity index (χ4n) is 3.28. The molecular weight excluding hydrogens is 365 g/mol. The van der Waals surface area contributed by atoms with Crippen LogP contribution in [0.5, 0.6) is 0 Å². The van der Waals surface area contributed by atoms with Gasteiger partial charge in [-0.15, -0.1) is 0 Å². The highest BCUT2D eigenvalue weighted by Gasteiger charge is 2.10. The fraction of sp³-hybridized carbons (Fsp3) is 0.0870. The van der Waals surface area contributed by atoms with E-state index in [0.717, 1.165) is 23.4 Å². The van der Waals surface area contributed by atoms with Crippen LogP contribution in [0.3, 0.4) is 0 Å². The van der Waals surface area contributed by atoms with Gasteiger partial charge in [-0.1, -0.05) is 43.0 Å². The van der Waals surface area contributed by atoms with Gasteiger partial charge in [-0.3, -0.25) is 5.84 Å². The van der Waals surface area contributed by atoms with Crippen LogP contribution in [-0.2, 0) is 6.54 Å². The van der Waals surface area contributed by atoms with Gasteiger partial charge < -0.3 is 16.1 Å². The number of nitrogens with one attached hydrogen (secondary N) is 3. The van der Waals surface area contributed by atoms with Crippen LogP contribution >= 0.6 is 0 Å². The van der Waals surface area contributed by atoms with Gasteiger partial charge >= 0.3 is 0 Å². The van der Waals surface area contributed by atoms with Crippen molar-refractivity contribution < 1.29 is 4.39 Å².